The lowest BCUT2D eigenvalue weighted by molar-refractivity contribution is -0.117. The number of rotatable bonds is 9. The van der Waals surface area contributed by atoms with Crippen LogP contribution in [0.3, 0.4) is 0 Å². The third-order valence-electron chi connectivity index (χ3n) is 8.10. The lowest BCUT2D eigenvalue weighted by atomic mass is 9.84. The molecule has 13 heteroatoms. The Morgan fingerprint density at radius 1 is 0.933 bits per heavy atom. The summed E-state index contributed by atoms with van der Waals surface area (Å²) in [5.74, 6) is -0.839. The minimum atomic E-state index is -4.51. The van der Waals surface area contributed by atoms with E-state index in [0.717, 1.165) is 68.8 Å². The molecule has 3 aliphatic rings. The van der Waals surface area contributed by atoms with E-state index >= 15 is 0 Å². The number of methoxy groups -OCH3 is 2. The molecule has 1 aliphatic carbocycles. The Morgan fingerprint density at radius 3 is 2.07 bits per heavy atom. The van der Waals surface area contributed by atoms with Crippen LogP contribution in [0.4, 0.5) is 10.5 Å². The van der Waals surface area contributed by atoms with Gasteiger partial charge in [0.25, 0.3) is 15.8 Å². The van der Waals surface area contributed by atoms with Crippen molar-refractivity contribution in [1.29, 1.82) is 0 Å². The molecular weight excluding hydrogens is 620 g/mol. The van der Waals surface area contributed by atoms with E-state index < -0.39 is 44.1 Å². The van der Waals surface area contributed by atoms with Crippen LogP contribution in [0.25, 0.3) is 5.57 Å². The van der Waals surface area contributed by atoms with Crippen LogP contribution in [0.5, 0.6) is 0 Å². The monoisotopic (exact) mass is 656 g/mol. The van der Waals surface area contributed by atoms with Crippen molar-refractivity contribution < 1.29 is 40.6 Å². The second-order valence-electron chi connectivity index (χ2n) is 11.1. The summed E-state index contributed by atoms with van der Waals surface area (Å²) < 4.78 is 67.3. The van der Waals surface area contributed by atoms with Crippen molar-refractivity contribution in [2.75, 3.05) is 57.9 Å². The van der Waals surface area contributed by atoms with Gasteiger partial charge >= 0.3 is 6.09 Å². The highest BCUT2D eigenvalue weighted by molar-refractivity contribution is 7.90. The molecule has 1 amide bonds. The van der Waals surface area contributed by atoms with Gasteiger partial charge in [0.15, 0.2) is 21.4 Å². The maximum atomic E-state index is 14.0. The molecule has 45 heavy (non-hydrogen) atoms. The van der Waals surface area contributed by atoms with Crippen LogP contribution in [0, 0.1) is 0 Å². The normalized spacial score (nSPS) is 16.3. The molecule has 0 aromatic heterocycles. The number of allylic oxidation sites excluding steroid dienone is 3. The zero-order chi connectivity index (χ0) is 32.5. The number of ether oxygens (including phenoxy) is 3. The number of hydrogen-bond donors (Lipinski definition) is 0. The van der Waals surface area contributed by atoms with E-state index in [4.69, 9.17) is 14.2 Å². The first-order valence-corrected chi connectivity index (χ1v) is 18.0. The molecule has 0 N–H and O–H groups in total. The molecule has 2 aliphatic heterocycles. The molecule has 2 aromatic carbocycles. The number of Topliss-reactive ketones (excluding diaryl/α,β-unsaturated/α-hetero) is 1. The number of carbonyl (C=O) groups excluding carboxylic acids is 2. The maximum absolute atomic E-state index is 14.0. The summed E-state index contributed by atoms with van der Waals surface area (Å²) in [7, 11) is -4.13. The quantitative estimate of drug-likeness (QED) is 0.394. The summed E-state index contributed by atoms with van der Waals surface area (Å²) in [4.78, 5) is 27.9. The molecule has 0 bridgehead atoms. The zero-order valence-electron chi connectivity index (χ0n) is 25.7. The maximum Gasteiger partial charge on any atom is 0.423 e. The van der Waals surface area contributed by atoms with Crippen LogP contribution in [-0.4, -0.2) is 86.0 Å². The lowest BCUT2D eigenvalue weighted by Gasteiger charge is -2.37. The number of nitrogens with zero attached hydrogens (tertiary/aromatic N) is 2. The van der Waals surface area contributed by atoms with Crippen molar-refractivity contribution in [2.24, 2.45) is 0 Å². The first kappa shape index (κ1) is 32.3. The van der Waals surface area contributed by atoms with Gasteiger partial charge in [0.05, 0.1) is 24.9 Å². The summed E-state index contributed by atoms with van der Waals surface area (Å²) in [6, 6.07) is 10.4. The molecule has 240 valence electrons. The molecule has 2 heterocycles. The Bertz CT molecular complexity index is 1800. The van der Waals surface area contributed by atoms with Gasteiger partial charge in [0, 0.05) is 37.6 Å². The Labute approximate surface area is 263 Å². The summed E-state index contributed by atoms with van der Waals surface area (Å²) in [6.07, 6.45) is 6.62. The number of sulfone groups is 1. The predicted octanol–water partition coefficient (Wildman–Crippen LogP) is 3.63. The zero-order valence-corrected chi connectivity index (χ0v) is 27.3. The van der Waals surface area contributed by atoms with Gasteiger partial charge in [-0.25, -0.2) is 25.9 Å². The Balaban J connectivity index is 1.71. The second-order valence-corrected chi connectivity index (χ2v) is 15.3. The fourth-order valence-electron chi connectivity index (χ4n) is 5.96. The van der Waals surface area contributed by atoms with Gasteiger partial charge in [-0.05, 0) is 83.9 Å². The minimum Gasteiger partial charge on any atom is -0.492 e. The van der Waals surface area contributed by atoms with E-state index in [2.05, 4.69) is 17.0 Å². The summed E-state index contributed by atoms with van der Waals surface area (Å²) in [6.45, 7) is 1.48. The van der Waals surface area contributed by atoms with E-state index in [-0.39, 0.29) is 22.0 Å². The van der Waals surface area contributed by atoms with Crippen molar-refractivity contribution >= 4 is 43.0 Å². The standard InChI is InChI=1S/C32H36N2O9S2/c1-33(32(36)43-15-16-44(4,37)38)45(39,40)28-12-6-5-11-25(28)29(24-19-26(41-2)31(35)27(20-24)42-3)23-17-21-9-7-13-34-14-8-10-22(18-23)30(21)34/h5-6,11-12,17-20H,7-10,13-16H2,1-4H3. The smallest absolute Gasteiger partial charge is 0.423 e. The van der Waals surface area contributed by atoms with Gasteiger partial charge in [0.2, 0.25) is 0 Å². The van der Waals surface area contributed by atoms with Gasteiger partial charge in [0.1, 0.15) is 6.61 Å². The Kier molecular flexibility index (Phi) is 9.13. The molecule has 0 saturated heterocycles. The summed E-state index contributed by atoms with van der Waals surface area (Å²) >= 11 is 0. The first-order chi connectivity index (χ1) is 21.4. The SMILES string of the molecule is COC1=CC(=C(c2cc3c4c(c2)CCCN4CCC3)c2ccccc2S(=O)(=O)N(C)C(=O)OCCS(C)(=O)=O)C=C(OC)C1=O. The fourth-order valence-corrected chi connectivity index (χ4v) is 7.59. The molecule has 0 atom stereocenters. The van der Waals surface area contributed by atoms with E-state index in [0.29, 0.717) is 15.5 Å². The molecule has 2 aromatic rings. The molecule has 0 unspecified atom stereocenters. The summed E-state index contributed by atoms with van der Waals surface area (Å²) in [5, 5.41) is 0. The van der Waals surface area contributed by atoms with E-state index in [1.807, 2.05) is 0 Å². The summed E-state index contributed by atoms with van der Waals surface area (Å²) in [5.41, 5.74) is 5.59. The van der Waals surface area contributed by atoms with Crippen LogP contribution in [0.2, 0.25) is 0 Å². The van der Waals surface area contributed by atoms with Gasteiger partial charge < -0.3 is 19.1 Å². The van der Waals surface area contributed by atoms with Crippen molar-refractivity contribution in [3.8, 4) is 0 Å². The number of ketones is 1. The molecule has 0 radical (unpaired) electrons. The van der Waals surface area contributed by atoms with Crippen molar-refractivity contribution in [1.82, 2.24) is 4.31 Å². The molecule has 0 fully saturated rings. The van der Waals surface area contributed by atoms with Crippen LogP contribution in [-0.2, 0) is 51.7 Å². The number of hydrogen-bond acceptors (Lipinski definition) is 10. The van der Waals surface area contributed by atoms with Crippen molar-refractivity contribution in [3.63, 3.8) is 0 Å². The van der Waals surface area contributed by atoms with E-state index in [9.17, 15) is 26.4 Å². The molecule has 0 saturated carbocycles. The number of aryl methyl sites for hydroxylation is 2. The average molecular weight is 657 g/mol. The topological polar surface area (TPSA) is 137 Å². The van der Waals surface area contributed by atoms with Crippen LogP contribution < -0.4 is 4.90 Å². The number of carbonyl (C=O) groups is 2. The third kappa shape index (κ3) is 6.50. The number of benzene rings is 2. The molecule has 11 nitrogen and oxygen atoms in total. The van der Waals surface area contributed by atoms with Gasteiger partial charge in [-0.15, -0.1) is 0 Å². The predicted molar refractivity (Wildman–Crippen MR) is 169 cm³/mol. The van der Waals surface area contributed by atoms with E-state index in [1.165, 1.54) is 26.0 Å². The number of amides is 1. The number of anilines is 1. The highest BCUT2D eigenvalue weighted by atomic mass is 32.2. The van der Waals surface area contributed by atoms with E-state index in [1.54, 1.807) is 30.4 Å². The average Bonchev–Trinajstić information content (AvgIpc) is 3.01. The van der Waals surface area contributed by atoms with Crippen molar-refractivity contribution in [2.45, 2.75) is 30.6 Å². The van der Waals surface area contributed by atoms with Gasteiger partial charge in [-0.2, -0.15) is 0 Å². The second kappa shape index (κ2) is 12.7. The minimum absolute atomic E-state index is 0.0271. The fraction of sp³-hybridized carbons (Fsp3) is 0.375. The van der Waals surface area contributed by atoms with Crippen molar-refractivity contribution in [3.05, 3.63) is 87.9 Å². The first-order valence-electron chi connectivity index (χ1n) is 14.5. The lowest BCUT2D eigenvalue weighted by Crippen LogP contribution is -2.35. The van der Waals surface area contributed by atoms with Crippen LogP contribution >= 0.6 is 0 Å². The molecule has 5 rings (SSSR count). The third-order valence-corrected chi connectivity index (χ3v) is 10.8. The Morgan fingerprint density at radius 2 is 1.51 bits per heavy atom. The largest absolute Gasteiger partial charge is 0.492 e. The van der Waals surface area contributed by atoms with Crippen LogP contribution in [0.1, 0.15) is 35.1 Å². The van der Waals surface area contributed by atoms with Crippen LogP contribution in [0.15, 0.2) is 70.5 Å². The Hall–Kier alpha value is -4.10. The highest BCUT2D eigenvalue weighted by Gasteiger charge is 2.33. The molecule has 0 spiro atoms. The number of sulfonamides is 1. The highest BCUT2D eigenvalue weighted by Crippen LogP contribution is 2.42. The molecular formula is C32H36N2O9S2. The van der Waals surface area contributed by atoms with Gasteiger partial charge in [-0.3, -0.25) is 4.79 Å². The van der Waals surface area contributed by atoms with Gasteiger partial charge in [-0.1, -0.05) is 18.2 Å².